The van der Waals surface area contributed by atoms with Crippen LogP contribution in [0.25, 0.3) is 0 Å². The lowest BCUT2D eigenvalue weighted by molar-refractivity contribution is -0.127. The van der Waals surface area contributed by atoms with Crippen molar-refractivity contribution in [3.63, 3.8) is 0 Å². The first-order chi connectivity index (χ1) is 16.7. The van der Waals surface area contributed by atoms with Crippen LogP contribution in [0.1, 0.15) is 17.7 Å². The Morgan fingerprint density at radius 2 is 1.85 bits per heavy atom. The van der Waals surface area contributed by atoms with Gasteiger partial charge in [-0.25, -0.2) is 0 Å². The molecule has 1 amide bonds. The van der Waals surface area contributed by atoms with E-state index >= 15 is 0 Å². The number of nitrogens with zero attached hydrogens (tertiary/aromatic N) is 3. The molecule has 34 heavy (non-hydrogen) atoms. The fourth-order valence-electron chi connectivity index (χ4n) is 4.25. The van der Waals surface area contributed by atoms with Gasteiger partial charge in [-0.15, -0.1) is 0 Å². The van der Waals surface area contributed by atoms with E-state index in [0.29, 0.717) is 19.8 Å². The topological polar surface area (TPSA) is 76.6 Å². The first-order valence-electron chi connectivity index (χ1n) is 11.8. The zero-order valence-corrected chi connectivity index (χ0v) is 19.6. The molecule has 3 aromatic rings. The number of nitrogens with one attached hydrogen (secondary N) is 1. The molecule has 0 saturated carbocycles. The molecule has 0 unspecified atom stereocenters. The number of likely N-dealkylation sites (tertiary alicyclic amines) is 1. The Hall–Kier alpha value is -3.45. The minimum absolute atomic E-state index is 0.0677. The second-order valence-corrected chi connectivity index (χ2v) is 8.75. The van der Waals surface area contributed by atoms with Crippen molar-refractivity contribution in [2.75, 3.05) is 32.8 Å². The number of ether oxygens (including phenoxy) is 2. The van der Waals surface area contributed by atoms with Gasteiger partial charge in [-0.05, 0) is 55.3 Å². The van der Waals surface area contributed by atoms with Gasteiger partial charge in [-0.3, -0.25) is 19.7 Å². The molecule has 1 fully saturated rings. The number of aromatic nitrogens is 2. The monoisotopic (exact) mass is 460 g/mol. The summed E-state index contributed by atoms with van der Waals surface area (Å²) in [6.07, 6.45) is 6.16. The maximum absolute atomic E-state index is 13.0. The number of para-hydroxylation sites is 1. The summed E-state index contributed by atoms with van der Waals surface area (Å²) in [5, 5.41) is 3.06. The molecule has 2 atom stereocenters. The SMILES string of the molecule is Cc1ccc(OC[C@H]2C[C@@H](C(=O)NCCOc3ccccc3)CN(Cc3ccncc3)C2)cn1. The molecule has 0 radical (unpaired) electrons. The second kappa shape index (κ2) is 12.1. The number of hydrogen-bond acceptors (Lipinski definition) is 6. The summed E-state index contributed by atoms with van der Waals surface area (Å²) in [6.45, 7) is 5.81. The smallest absolute Gasteiger partial charge is 0.224 e. The molecular weight excluding hydrogens is 428 g/mol. The highest BCUT2D eigenvalue weighted by atomic mass is 16.5. The summed E-state index contributed by atoms with van der Waals surface area (Å²) < 4.78 is 11.7. The van der Waals surface area contributed by atoms with E-state index < -0.39 is 0 Å². The summed E-state index contributed by atoms with van der Waals surface area (Å²) in [6, 6.07) is 17.6. The number of piperidine rings is 1. The number of amides is 1. The molecule has 1 aliphatic rings. The highest BCUT2D eigenvalue weighted by molar-refractivity contribution is 5.79. The summed E-state index contributed by atoms with van der Waals surface area (Å²) in [5.74, 6) is 1.78. The van der Waals surface area contributed by atoms with Gasteiger partial charge < -0.3 is 14.8 Å². The molecule has 0 bridgehead atoms. The molecule has 0 spiro atoms. The molecular formula is C27H32N4O3. The lowest BCUT2D eigenvalue weighted by atomic mass is 9.88. The Morgan fingerprint density at radius 3 is 2.62 bits per heavy atom. The van der Waals surface area contributed by atoms with E-state index in [0.717, 1.165) is 43.2 Å². The van der Waals surface area contributed by atoms with Gasteiger partial charge in [0, 0.05) is 43.6 Å². The number of carbonyl (C=O) groups is 1. The van der Waals surface area contributed by atoms with Gasteiger partial charge in [-0.1, -0.05) is 18.2 Å². The number of aryl methyl sites for hydroxylation is 1. The highest BCUT2D eigenvalue weighted by Crippen LogP contribution is 2.25. The summed E-state index contributed by atoms with van der Waals surface area (Å²) >= 11 is 0. The maximum atomic E-state index is 13.0. The molecule has 7 heteroatoms. The fourth-order valence-corrected chi connectivity index (χ4v) is 4.25. The Balaban J connectivity index is 1.32. The normalized spacial score (nSPS) is 18.3. The minimum atomic E-state index is -0.0999. The average Bonchev–Trinajstić information content (AvgIpc) is 2.87. The summed E-state index contributed by atoms with van der Waals surface area (Å²) in [4.78, 5) is 23.8. The van der Waals surface area contributed by atoms with Gasteiger partial charge in [0.1, 0.15) is 18.1 Å². The molecule has 0 aliphatic carbocycles. The van der Waals surface area contributed by atoms with Crippen molar-refractivity contribution in [1.82, 2.24) is 20.2 Å². The van der Waals surface area contributed by atoms with Crippen molar-refractivity contribution in [1.29, 1.82) is 0 Å². The average molecular weight is 461 g/mol. The number of carbonyl (C=O) groups excluding carboxylic acids is 1. The third-order valence-corrected chi connectivity index (χ3v) is 5.92. The summed E-state index contributed by atoms with van der Waals surface area (Å²) in [7, 11) is 0. The number of pyridine rings is 2. The predicted octanol–water partition coefficient (Wildman–Crippen LogP) is 3.50. The van der Waals surface area contributed by atoms with Crippen molar-refractivity contribution in [3.8, 4) is 11.5 Å². The zero-order valence-electron chi connectivity index (χ0n) is 19.6. The van der Waals surface area contributed by atoms with Crippen molar-refractivity contribution in [2.45, 2.75) is 19.9 Å². The first-order valence-corrected chi connectivity index (χ1v) is 11.8. The largest absolute Gasteiger partial charge is 0.492 e. The molecule has 7 nitrogen and oxygen atoms in total. The standard InChI is InChI=1S/C27H32N4O3/c1-21-7-8-26(16-30-21)34-20-23-15-24(19-31(18-23)17-22-9-11-28-12-10-22)27(32)29-13-14-33-25-5-3-2-4-6-25/h2-12,16,23-24H,13-15,17-20H2,1H3,(H,29,32)/t23-,24+/m0/s1. The van der Waals surface area contributed by atoms with Crippen LogP contribution >= 0.6 is 0 Å². The second-order valence-electron chi connectivity index (χ2n) is 8.75. The first kappa shape index (κ1) is 23.7. The Bertz CT molecular complexity index is 1020. The van der Waals surface area contributed by atoms with Gasteiger partial charge in [0.2, 0.25) is 5.91 Å². The predicted molar refractivity (Wildman–Crippen MR) is 131 cm³/mol. The molecule has 3 heterocycles. The molecule has 1 aliphatic heterocycles. The van der Waals surface area contributed by atoms with Crippen LogP contribution in [-0.4, -0.2) is 53.6 Å². The minimum Gasteiger partial charge on any atom is -0.492 e. The summed E-state index contributed by atoms with van der Waals surface area (Å²) in [5.41, 5.74) is 2.15. The zero-order chi connectivity index (χ0) is 23.6. The van der Waals surface area contributed by atoms with Crippen LogP contribution in [0.4, 0.5) is 0 Å². The van der Waals surface area contributed by atoms with Crippen LogP contribution in [0.15, 0.2) is 73.2 Å². The van der Waals surface area contributed by atoms with E-state index in [1.54, 1.807) is 18.6 Å². The van der Waals surface area contributed by atoms with Gasteiger partial charge in [0.05, 0.1) is 25.3 Å². The number of hydrogen-bond donors (Lipinski definition) is 1. The fraction of sp³-hybridized carbons (Fsp3) is 0.370. The van der Waals surface area contributed by atoms with E-state index in [1.165, 1.54) is 5.56 Å². The van der Waals surface area contributed by atoms with Gasteiger partial charge in [-0.2, -0.15) is 0 Å². The van der Waals surface area contributed by atoms with E-state index in [2.05, 4.69) is 20.2 Å². The third-order valence-electron chi connectivity index (χ3n) is 5.92. The molecule has 1 N–H and O–H groups in total. The van der Waals surface area contributed by atoms with Gasteiger partial charge in [0.15, 0.2) is 0 Å². The van der Waals surface area contributed by atoms with Gasteiger partial charge >= 0.3 is 0 Å². The maximum Gasteiger partial charge on any atom is 0.224 e. The van der Waals surface area contributed by atoms with Gasteiger partial charge in [0.25, 0.3) is 0 Å². The molecule has 1 saturated heterocycles. The van der Waals surface area contributed by atoms with E-state index in [1.807, 2.05) is 61.5 Å². The van der Waals surface area contributed by atoms with Crippen LogP contribution < -0.4 is 14.8 Å². The van der Waals surface area contributed by atoms with Crippen molar-refractivity contribution in [2.24, 2.45) is 11.8 Å². The van der Waals surface area contributed by atoms with Crippen molar-refractivity contribution >= 4 is 5.91 Å². The molecule has 178 valence electrons. The van der Waals surface area contributed by atoms with Crippen LogP contribution in [0.3, 0.4) is 0 Å². The quantitative estimate of drug-likeness (QED) is 0.467. The highest BCUT2D eigenvalue weighted by Gasteiger charge is 2.32. The Morgan fingerprint density at radius 1 is 1.03 bits per heavy atom. The molecule has 1 aromatic carbocycles. The Kier molecular flexibility index (Phi) is 8.46. The lowest BCUT2D eigenvalue weighted by Crippen LogP contribution is -2.47. The number of benzene rings is 1. The molecule has 2 aromatic heterocycles. The molecule has 4 rings (SSSR count). The van der Waals surface area contributed by atoms with E-state index in [9.17, 15) is 4.79 Å². The van der Waals surface area contributed by atoms with Crippen molar-refractivity contribution < 1.29 is 14.3 Å². The van der Waals surface area contributed by atoms with Crippen LogP contribution in [0, 0.1) is 18.8 Å². The number of rotatable bonds is 10. The Labute approximate surface area is 201 Å². The lowest BCUT2D eigenvalue weighted by Gasteiger charge is -2.37. The van der Waals surface area contributed by atoms with Crippen molar-refractivity contribution in [3.05, 3.63) is 84.4 Å². The third kappa shape index (κ3) is 7.28. The van der Waals surface area contributed by atoms with E-state index in [4.69, 9.17) is 9.47 Å². The van der Waals surface area contributed by atoms with Crippen LogP contribution in [0.2, 0.25) is 0 Å². The van der Waals surface area contributed by atoms with E-state index in [-0.39, 0.29) is 17.7 Å². The van der Waals surface area contributed by atoms with Crippen LogP contribution in [0.5, 0.6) is 11.5 Å². The van der Waals surface area contributed by atoms with Crippen LogP contribution in [-0.2, 0) is 11.3 Å².